The van der Waals surface area contributed by atoms with Crippen molar-refractivity contribution in [1.29, 1.82) is 0 Å². The van der Waals surface area contributed by atoms with Crippen LogP contribution in [0.2, 0.25) is 0 Å². The van der Waals surface area contributed by atoms with Gasteiger partial charge in [-0.05, 0) is 18.6 Å². The van der Waals surface area contributed by atoms with Gasteiger partial charge in [-0.25, -0.2) is 0 Å². The third kappa shape index (κ3) is 1.77. The standard InChI is InChI=1S/C8H11N3/c1-3-6-9-11-8(4-2)5-7-10-11/h4-7H,2-3H2,1H3/b9-6-. The summed E-state index contributed by atoms with van der Waals surface area (Å²) in [5.41, 5.74) is 0.912. The van der Waals surface area contributed by atoms with Crippen LogP contribution in [-0.2, 0) is 0 Å². The molecule has 1 aromatic heterocycles. The van der Waals surface area contributed by atoms with Gasteiger partial charge in [-0.15, -0.1) is 0 Å². The molecule has 11 heavy (non-hydrogen) atoms. The second-order valence-electron chi connectivity index (χ2n) is 2.06. The van der Waals surface area contributed by atoms with Crippen molar-refractivity contribution in [2.45, 2.75) is 13.3 Å². The summed E-state index contributed by atoms with van der Waals surface area (Å²) in [7, 11) is 0. The minimum atomic E-state index is 0.912. The summed E-state index contributed by atoms with van der Waals surface area (Å²) in [6, 6.07) is 1.86. The molecule has 0 saturated carbocycles. The largest absolute Gasteiger partial charge is 0.163 e. The molecular weight excluding hydrogens is 138 g/mol. The van der Waals surface area contributed by atoms with Gasteiger partial charge in [-0.2, -0.15) is 15.0 Å². The molecule has 1 heterocycles. The van der Waals surface area contributed by atoms with Crippen molar-refractivity contribution in [3.63, 3.8) is 0 Å². The van der Waals surface area contributed by atoms with Gasteiger partial charge in [0.05, 0.1) is 11.9 Å². The van der Waals surface area contributed by atoms with Gasteiger partial charge >= 0.3 is 0 Å². The molecule has 1 aromatic rings. The first-order valence-electron chi connectivity index (χ1n) is 3.57. The number of hydrogen-bond acceptors (Lipinski definition) is 2. The second kappa shape index (κ2) is 3.71. The first-order chi connectivity index (χ1) is 5.38. The quantitative estimate of drug-likeness (QED) is 0.602. The van der Waals surface area contributed by atoms with Gasteiger partial charge in [0.1, 0.15) is 0 Å². The predicted octanol–water partition coefficient (Wildman–Crippen LogP) is 1.77. The molecule has 1 rings (SSSR count). The van der Waals surface area contributed by atoms with Crippen molar-refractivity contribution < 1.29 is 0 Å². The van der Waals surface area contributed by atoms with Crippen LogP contribution >= 0.6 is 0 Å². The summed E-state index contributed by atoms with van der Waals surface area (Å²) >= 11 is 0. The summed E-state index contributed by atoms with van der Waals surface area (Å²) in [6.45, 7) is 5.67. The smallest absolute Gasteiger partial charge is 0.0866 e. The Labute approximate surface area is 66.0 Å². The molecule has 0 fully saturated rings. The number of hydrogen-bond donors (Lipinski definition) is 0. The molecule has 0 bridgehead atoms. The third-order valence-electron chi connectivity index (χ3n) is 1.24. The molecule has 0 atom stereocenters. The van der Waals surface area contributed by atoms with Gasteiger partial charge in [0.2, 0.25) is 0 Å². The minimum absolute atomic E-state index is 0.912. The Kier molecular flexibility index (Phi) is 2.60. The van der Waals surface area contributed by atoms with E-state index in [0.717, 1.165) is 12.1 Å². The van der Waals surface area contributed by atoms with E-state index in [4.69, 9.17) is 0 Å². The van der Waals surface area contributed by atoms with Crippen LogP contribution < -0.4 is 0 Å². The van der Waals surface area contributed by atoms with Gasteiger partial charge < -0.3 is 0 Å². The minimum Gasteiger partial charge on any atom is -0.163 e. The summed E-state index contributed by atoms with van der Waals surface area (Å²) in [5.74, 6) is 0. The third-order valence-corrected chi connectivity index (χ3v) is 1.24. The van der Waals surface area contributed by atoms with Crippen molar-refractivity contribution >= 4 is 12.3 Å². The van der Waals surface area contributed by atoms with Gasteiger partial charge in [-0.1, -0.05) is 13.5 Å². The maximum Gasteiger partial charge on any atom is 0.0866 e. The molecule has 0 saturated heterocycles. The van der Waals surface area contributed by atoms with Crippen LogP contribution in [0.5, 0.6) is 0 Å². The van der Waals surface area contributed by atoms with Crippen molar-refractivity contribution in [2.24, 2.45) is 5.10 Å². The predicted molar refractivity (Wildman–Crippen MR) is 46.5 cm³/mol. The fraction of sp³-hybridized carbons (Fsp3) is 0.250. The van der Waals surface area contributed by atoms with Crippen LogP contribution in [0, 0.1) is 0 Å². The summed E-state index contributed by atoms with van der Waals surface area (Å²) in [6.07, 6.45) is 6.14. The highest BCUT2D eigenvalue weighted by atomic mass is 15.5. The molecule has 0 aliphatic rings. The average molecular weight is 149 g/mol. The van der Waals surface area contributed by atoms with E-state index in [2.05, 4.69) is 16.8 Å². The summed E-state index contributed by atoms with van der Waals surface area (Å²) in [4.78, 5) is 1.55. The van der Waals surface area contributed by atoms with Crippen LogP contribution in [0.1, 0.15) is 19.0 Å². The molecule has 0 spiro atoms. The Morgan fingerprint density at radius 2 is 2.64 bits per heavy atom. The van der Waals surface area contributed by atoms with Crippen LogP contribution in [0.3, 0.4) is 0 Å². The molecule has 0 aliphatic heterocycles. The lowest BCUT2D eigenvalue weighted by Gasteiger charge is -1.92. The highest BCUT2D eigenvalue weighted by Gasteiger charge is 1.92. The van der Waals surface area contributed by atoms with E-state index in [1.54, 1.807) is 23.3 Å². The van der Waals surface area contributed by atoms with E-state index in [9.17, 15) is 0 Å². The lowest BCUT2D eigenvalue weighted by Crippen LogP contribution is -1.93. The van der Waals surface area contributed by atoms with E-state index in [1.807, 2.05) is 13.0 Å². The Morgan fingerprint density at radius 1 is 1.82 bits per heavy atom. The zero-order chi connectivity index (χ0) is 8.10. The van der Waals surface area contributed by atoms with Crippen molar-refractivity contribution in [1.82, 2.24) is 9.89 Å². The molecule has 0 aliphatic carbocycles. The SMILES string of the molecule is C=Cc1ccnn1/N=C\CC. The van der Waals surface area contributed by atoms with Crippen LogP contribution in [0.25, 0.3) is 6.08 Å². The molecule has 3 nitrogen and oxygen atoms in total. The maximum absolute atomic E-state index is 4.06. The second-order valence-corrected chi connectivity index (χ2v) is 2.06. The monoisotopic (exact) mass is 149 g/mol. The Balaban J connectivity index is 2.84. The normalized spacial score (nSPS) is 10.6. The van der Waals surface area contributed by atoms with Crippen LogP contribution in [0.15, 0.2) is 23.9 Å². The van der Waals surface area contributed by atoms with E-state index in [0.29, 0.717) is 0 Å². The van der Waals surface area contributed by atoms with Crippen LogP contribution in [0.4, 0.5) is 0 Å². The van der Waals surface area contributed by atoms with Crippen LogP contribution in [-0.4, -0.2) is 16.1 Å². The molecule has 0 radical (unpaired) electrons. The first-order valence-corrected chi connectivity index (χ1v) is 3.57. The fourth-order valence-corrected chi connectivity index (χ4v) is 0.711. The molecule has 0 N–H and O–H groups in total. The number of rotatable bonds is 3. The van der Waals surface area contributed by atoms with Crippen molar-refractivity contribution in [3.05, 3.63) is 24.5 Å². The van der Waals surface area contributed by atoms with E-state index in [-0.39, 0.29) is 0 Å². The van der Waals surface area contributed by atoms with Crippen molar-refractivity contribution in [3.8, 4) is 0 Å². The van der Waals surface area contributed by atoms with E-state index >= 15 is 0 Å². The molecule has 0 aromatic carbocycles. The maximum atomic E-state index is 4.06. The lowest BCUT2D eigenvalue weighted by atomic mass is 10.4. The average Bonchev–Trinajstić information content (AvgIpc) is 2.47. The molecule has 58 valence electrons. The molecule has 3 heteroatoms. The van der Waals surface area contributed by atoms with Gasteiger partial charge in [0, 0.05) is 6.21 Å². The fourth-order valence-electron chi connectivity index (χ4n) is 0.711. The van der Waals surface area contributed by atoms with Crippen molar-refractivity contribution in [2.75, 3.05) is 0 Å². The summed E-state index contributed by atoms with van der Waals surface area (Å²) < 4.78 is 0. The number of nitrogens with zero attached hydrogens (tertiary/aromatic N) is 3. The van der Waals surface area contributed by atoms with Gasteiger partial charge in [-0.3, -0.25) is 0 Å². The van der Waals surface area contributed by atoms with Gasteiger partial charge in [0.15, 0.2) is 0 Å². The Hall–Kier alpha value is -1.38. The topological polar surface area (TPSA) is 30.2 Å². The molecular formula is C8H11N3. The van der Waals surface area contributed by atoms with E-state index < -0.39 is 0 Å². The molecule has 0 unspecified atom stereocenters. The highest BCUT2D eigenvalue weighted by molar-refractivity contribution is 5.56. The van der Waals surface area contributed by atoms with E-state index in [1.165, 1.54) is 0 Å². The highest BCUT2D eigenvalue weighted by Crippen LogP contribution is 1.98. The first kappa shape index (κ1) is 7.72. The zero-order valence-corrected chi connectivity index (χ0v) is 6.57. The zero-order valence-electron chi connectivity index (χ0n) is 6.57. The lowest BCUT2D eigenvalue weighted by molar-refractivity contribution is 0.735. The Bertz CT molecular complexity index is 260. The number of aromatic nitrogens is 2. The van der Waals surface area contributed by atoms with Gasteiger partial charge in [0.25, 0.3) is 0 Å². The molecule has 0 amide bonds. The summed E-state index contributed by atoms with van der Waals surface area (Å²) in [5, 5.41) is 8.04. The Morgan fingerprint density at radius 3 is 3.27 bits per heavy atom.